The van der Waals surface area contributed by atoms with Crippen molar-refractivity contribution in [3.63, 3.8) is 0 Å². The summed E-state index contributed by atoms with van der Waals surface area (Å²) in [5.74, 6) is 5.19. The minimum Gasteiger partial charge on any atom is -0.323 e. The largest absolute Gasteiger partial charge is 0.323 e. The van der Waals surface area contributed by atoms with Crippen LogP contribution >= 0.6 is 0 Å². The number of hydrazine groups is 1. The van der Waals surface area contributed by atoms with E-state index in [1.54, 1.807) is 6.07 Å². The predicted molar refractivity (Wildman–Crippen MR) is 80.6 cm³/mol. The van der Waals surface area contributed by atoms with Crippen LogP contribution in [0.25, 0.3) is 0 Å². The van der Waals surface area contributed by atoms with Crippen LogP contribution in [0.5, 0.6) is 0 Å². The summed E-state index contributed by atoms with van der Waals surface area (Å²) in [4.78, 5) is 16.3. The van der Waals surface area contributed by atoms with Crippen LogP contribution in [0.1, 0.15) is 28.5 Å². The molecule has 5 nitrogen and oxygen atoms in total. The van der Waals surface area contributed by atoms with E-state index < -0.39 is 0 Å². The van der Waals surface area contributed by atoms with Gasteiger partial charge < -0.3 is 10.7 Å². The number of rotatable bonds is 4. The van der Waals surface area contributed by atoms with Crippen LogP contribution in [-0.4, -0.2) is 10.9 Å². The Hall–Kier alpha value is -2.40. The molecule has 1 aromatic carbocycles. The number of carbonyl (C=O) groups excluding carboxylic acids is 1. The minimum atomic E-state index is -0.241. The third kappa shape index (κ3) is 3.13. The molecule has 0 saturated carbocycles. The van der Waals surface area contributed by atoms with E-state index in [-0.39, 0.29) is 5.91 Å². The van der Waals surface area contributed by atoms with Gasteiger partial charge in [-0.3, -0.25) is 15.6 Å². The monoisotopic (exact) mass is 270 g/mol. The number of benzene rings is 1. The van der Waals surface area contributed by atoms with Crippen molar-refractivity contribution in [2.24, 2.45) is 5.84 Å². The lowest BCUT2D eigenvalue weighted by Crippen LogP contribution is -2.18. The third-order valence-electron chi connectivity index (χ3n) is 3.06. The summed E-state index contributed by atoms with van der Waals surface area (Å²) < 4.78 is 0. The van der Waals surface area contributed by atoms with Crippen molar-refractivity contribution in [2.75, 3.05) is 10.7 Å². The highest BCUT2D eigenvalue weighted by molar-refractivity contribution is 6.07. The first-order chi connectivity index (χ1) is 9.63. The third-order valence-corrected chi connectivity index (χ3v) is 3.06. The minimum absolute atomic E-state index is 0.241. The van der Waals surface area contributed by atoms with Crippen LogP contribution in [0.4, 0.5) is 11.4 Å². The molecular weight excluding hydrogens is 252 g/mol. The normalized spacial score (nSPS) is 10.2. The molecule has 0 aliphatic rings. The molecular formula is C15H18N4O. The first kappa shape index (κ1) is 14.0. The van der Waals surface area contributed by atoms with E-state index >= 15 is 0 Å². The van der Waals surface area contributed by atoms with Gasteiger partial charge in [0.15, 0.2) is 0 Å². The molecule has 1 aromatic heterocycles. The van der Waals surface area contributed by atoms with Gasteiger partial charge in [-0.2, -0.15) is 0 Å². The predicted octanol–water partition coefficient (Wildman–Crippen LogP) is 2.49. The number of aromatic nitrogens is 1. The lowest BCUT2D eigenvalue weighted by Gasteiger charge is -2.10. The topological polar surface area (TPSA) is 80.0 Å². The summed E-state index contributed by atoms with van der Waals surface area (Å²) in [7, 11) is 0. The standard InChI is InChI=1S/C15H18N4O/c1-3-11-4-6-12(7-5-11)18-15(20)13-9-17-10(2)8-14(13)19-16/h4-9H,3,16H2,1-2H3,(H,17,19)(H,18,20). The number of pyridine rings is 1. The second-order valence-corrected chi connectivity index (χ2v) is 4.52. The highest BCUT2D eigenvalue weighted by Gasteiger charge is 2.12. The van der Waals surface area contributed by atoms with Crippen LogP contribution in [0, 0.1) is 6.92 Å². The van der Waals surface area contributed by atoms with Gasteiger partial charge in [0.1, 0.15) is 0 Å². The van der Waals surface area contributed by atoms with Crippen LogP contribution in [-0.2, 0) is 6.42 Å². The Kier molecular flexibility index (Phi) is 4.32. The first-order valence-corrected chi connectivity index (χ1v) is 6.47. The second-order valence-electron chi connectivity index (χ2n) is 4.52. The number of amides is 1. The van der Waals surface area contributed by atoms with E-state index in [4.69, 9.17) is 5.84 Å². The molecule has 0 saturated heterocycles. The Morgan fingerprint density at radius 3 is 2.60 bits per heavy atom. The molecule has 2 rings (SSSR count). The van der Waals surface area contributed by atoms with Crippen molar-refractivity contribution in [3.8, 4) is 0 Å². The number of nitrogens with one attached hydrogen (secondary N) is 2. The van der Waals surface area contributed by atoms with Gasteiger partial charge in [0.25, 0.3) is 5.91 Å². The molecule has 20 heavy (non-hydrogen) atoms. The average molecular weight is 270 g/mol. The molecule has 0 aliphatic carbocycles. The van der Waals surface area contributed by atoms with Crippen molar-refractivity contribution in [2.45, 2.75) is 20.3 Å². The van der Waals surface area contributed by atoms with Crippen LogP contribution < -0.4 is 16.6 Å². The maximum absolute atomic E-state index is 12.2. The van der Waals surface area contributed by atoms with Gasteiger partial charge in [0, 0.05) is 17.6 Å². The molecule has 0 bridgehead atoms. The molecule has 104 valence electrons. The molecule has 1 heterocycles. The van der Waals surface area contributed by atoms with E-state index in [0.29, 0.717) is 11.3 Å². The van der Waals surface area contributed by atoms with Crippen molar-refractivity contribution in [3.05, 3.63) is 53.3 Å². The number of nitrogens with zero attached hydrogens (tertiary/aromatic N) is 1. The highest BCUT2D eigenvalue weighted by atomic mass is 16.1. The van der Waals surface area contributed by atoms with E-state index in [1.807, 2.05) is 31.2 Å². The van der Waals surface area contributed by atoms with E-state index in [9.17, 15) is 4.79 Å². The van der Waals surface area contributed by atoms with Gasteiger partial charge in [-0.1, -0.05) is 19.1 Å². The van der Waals surface area contributed by atoms with Gasteiger partial charge in [-0.15, -0.1) is 0 Å². The van der Waals surface area contributed by atoms with E-state index in [2.05, 4.69) is 22.7 Å². The number of anilines is 2. The molecule has 5 heteroatoms. The van der Waals surface area contributed by atoms with Crippen molar-refractivity contribution >= 4 is 17.3 Å². The van der Waals surface area contributed by atoms with Crippen molar-refractivity contribution < 1.29 is 4.79 Å². The molecule has 0 radical (unpaired) electrons. The summed E-state index contributed by atoms with van der Waals surface area (Å²) in [6.45, 7) is 3.93. The van der Waals surface area contributed by atoms with Gasteiger partial charge in [-0.25, -0.2) is 0 Å². The summed E-state index contributed by atoms with van der Waals surface area (Å²) in [5.41, 5.74) is 6.26. The maximum atomic E-state index is 12.2. The fourth-order valence-corrected chi connectivity index (χ4v) is 1.88. The number of hydrogen-bond acceptors (Lipinski definition) is 4. The lowest BCUT2D eigenvalue weighted by atomic mass is 10.1. The number of nitrogens with two attached hydrogens (primary N) is 1. The van der Waals surface area contributed by atoms with Gasteiger partial charge in [0.2, 0.25) is 0 Å². The summed E-state index contributed by atoms with van der Waals surface area (Å²) in [6.07, 6.45) is 2.48. The van der Waals surface area contributed by atoms with Crippen LogP contribution in [0.2, 0.25) is 0 Å². The molecule has 0 aliphatic heterocycles. The van der Waals surface area contributed by atoms with Crippen molar-refractivity contribution in [1.82, 2.24) is 4.98 Å². The van der Waals surface area contributed by atoms with Gasteiger partial charge in [0.05, 0.1) is 11.3 Å². The fraction of sp³-hybridized carbons (Fsp3) is 0.200. The zero-order chi connectivity index (χ0) is 14.5. The highest BCUT2D eigenvalue weighted by Crippen LogP contribution is 2.17. The Morgan fingerprint density at radius 1 is 1.30 bits per heavy atom. The molecule has 0 fully saturated rings. The lowest BCUT2D eigenvalue weighted by molar-refractivity contribution is 0.102. The molecule has 2 aromatic rings. The Balaban J connectivity index is 2.19. The number of hydrogen-bond donors (Lipinski definition) is 3. The summed E-state index contributed by atoms with van der Waals surface area (Å²) >= 11 is 0. The Labute approximate surface area is 118 Å². The zero-order valence-corrected chi connectivity index (χ0v) is 11.6. The molecule has 0 spiro atoms. The van der Waals surface area contributed by atoms with E-state index in [0.717, 1.165) is 17.8 Å². The maximum Gasteiger partial charge on any atom is 0.259 e. The molecule has 0 unspecified atom stereocenters. The SMILES string of the molecule is CCc1ccc(NC(=O)c2cnc(C)cc2NN)cc1. The fourth-order valence-electron chi connectivity index (χ4n) is 1.88. The first-order valence-electron chi connectivity index (χ1n) is 6.47. The summed E-state index contributed by atoms with van der Waals surface area (Å²) in [6, 6.07) is 9.48. The van der Waals surface area contributed by atoms with E-state index in [1.165, 1.54) is 11.8 Å². The molecule has 1 amide bonds. The quantitative estimate of drug-likeness (QED) is 0.589. The van der Waals surface area contributed by atoms with Crippen molar-refractivity contribution in [1.29, 1.82) is 0 Å². The molecule has 4 N–H and O–H groups in total. The summed E-state index contributed by atoms with van der Waals surface area (Å²) in [5, 5.41) is 2.83. The van der Waals surface area contributed by atoms with Crippen LogP contribution in [0.15, 0.2) is 36.5 Å². The van der Waals surface area contributed by atoms with Gasteiger partial charge in [-0.05, 0) is 37.1 Å². The second kappa shape index (κ2) is 6.16. The van der Waals surface area contributed by atoms with Gasteiger partial charge >= 0.3 is 0 Å². The Bertz CT molecular complexity index is 608. The van der Waals surface area contributed by atoms with Crippen LogP contribution in [0.3, 0.4) is 0 Å². The smallest absolute Gasteiger partial charge is 0.259 e. The molecule has 0 atom stereocenters. The average Bonchev–Trinajstić information content (AvgIpc) is 2.47. The Morgan fingerprint density at radius 2 is 2.00 bits per heavy atom. The number of aryl methyl sites for hydroxylation is 2. The number of carbonyl (C=O) groups is 1. The zero-order valence-electron chi connectivity index (χ0n) is 11.6. The number of nitrogen functional groups attached to an aromatic ring is 1.